The third-order valence-corrected chi connectivity index (χ3v) is 5.09. The fraction of sp³-hybridized carbons (Fsp3) is 0.474. The van der Waals surface area contributed by atoms with Gasteiger partial charge in [0.1, 0.15) is 12.6 Å². The third-order valence-electron chi connectivity index (χ3n) is 5.09. The molecule has 3 rings (SSSR count). The van der Waals surface area contributed by atoms with Crippen LogP contribution in [0.3, 0.4) is 0 Å². The van der Waals surface area contributed by atoms with Crippen molar-refractivity contribution in [1.82, 2.24) is 9.80 Å². The van der Waals surface area contributed by atoms with Gasteiger partial charge in [-0.2, -0.15) is 0 Å². The Balaban J connectivity index is 1.93. The Hall–Kier alpha value is -2.70. The number of carboxylic acids is 1. The summed E-state index contributed by atoms with van der Waals surface area (Å²) in [6.07, 6.45) is 3.22. The predicted octanol–water partition coefficient (Wildman–Crippen LogP) is 1.92. The van der Waals surface area contributed by atoms with E-state index in [0.717, 1.165) is 11.3 Å². The molecule has 0 spiro atoms. The molecule has 1 N–H and O–H groups in total. The normalized spacial score (nSPS) is 23.2. The van der Waals surface area contributed by atoms with Crippen LogP contribution in [-0.2, 0) is 9.59 Å². The summed E-state index contributed by atoms with van der Waals surface area (Å²) in [7, 11) is 0. The van der Waals surface area contributed by atoms with Crippen molar-refractivity contribution >= 4 is 23.7 Å². The number of carbonyl (C=O) groups excluding carboxylic acids is 3. The molecule has 1 saturated heterocycles. The van der Waals surface area contributed by atoms with E-state index in [1.54, 1.807) is 24.3 Å². The van der Waals surface area contributed by atoms with Gasteiger partial charge in [-0.1, -0.05) is 25.5 Å². The molecule has 1 unspecified atom stereocenters. The molecule has 2 aliphatic heterocycles. The zero-order valence-electron chi connectivity index (χ0n) is 14.7. The van der Waals surface area contributed by atoms with Gasteiger partial charge in [0, 0.05) is 6.04 Å². The van der Waals surface area contributed by atoms with Crippen molar-refractivity contribution in [2.75, 3.05) is 6.54 Å². The van der Waals surface area contributed by atoms with Crippen LogP contribution in [0.15, 0.2) is 24.3 Å². The number of benzene rings is 1. The van der Waals surface area contributed by atoms with Crippen molar-refractivity contribution in [3.63, 3.8) is 0 Å². The molecule has 2 aliphatic rings. The number of aliphatic carboxylic acids is 1. The van der Waals surface area contributed by atoms with Crippen molar-refractivity contribution < 1.29 is 24.3 Å². The molecule has 1 aromatic carbocycles. The second kappa shape index (κ2) is 7.27. The van der Waals surface area contributed by atoms with Crippen LogP contribution in [-0.4, -0.2) is 57.2 Å². The van der Waals surface area contributed by atoms with Crippen molar-refractivity contribution in [2.24, 2.45) is 0 Å². The molecule has 0 saturated carbocycles. The maximum absolute atomic E-state index is 13.1. The second-order valence-electron chi connectivity index (χ2n) is 6.77. The number of fused-ring (bicyclic) bond motifs is 1. The van der Waals surface area contributed by atoms with E-state index in [0.29, 0.717) is 36.8 Å². The monoisotopic (exact) mass is 358 g/mol. The quantitative estimate of drug-likeness (QED) is 0.812. The highest BCUT2D eigenvalue weighted by Gasteiger charge is 2.45. The zero-order valence-corrected chi connectivity index (χ0v) is 14.7. The van der Waals surface area contributed by atoms with E-state index in [-0.39, 0.29) is 6.04 Å². The molecule has 1 fully saturated rings. The van der Waals surface area contributed by atoms with Gasteiger partial charge in [0.05, 0.1) is 11.1 Å². The fourth-order valence-corrected chi connectivity index (χ4v) is 3.91. The van der Waals surface area contributed by atoms with Gasteiger partial charge >= 0.3 is 5.97 Å². The molecular formula is C19H22N2O5. The first-order valence-corrected chi connectivity index (χ1v) is 8.94. The van der Waals surface area contributed by atoms with Crippen LogP contribution in [0.4, 0.5) is 0 Å². The Labute approximate surface area is 151 Å². The van der Waals surface area contributed by atoms with Crippen LogP contribution in [0.1, 0.15) is 59.7 Å². The van der Waals surface area contributed by atoms with Gasteiger partial charge in [-0.3, -0.25) is 24.1 Å². The lowest BCUT2D eigenvalue weighted by molar-refractivity contribution is -0.147. The van der Waals surface area contributed by atoms with Gasteiger partial charge in [0.25, 0.3) is 11.8 Å². The number of amides is 3. The Morgan fingerprint density at radius 2 is 1.73 bits per heavy atom. The van der Waals surface area contributed by atoms with Crippen LogP contribution in [0.2, 0.25) is 0 Å². The molecule has 1 aromatic rings. The zero-order chi connectivity index (χ0) is 18.8. The molecule has 0 aromatic heterocycles. The molecular weight excluding hydrogens is 336 g/mol. The maximum Gasteiger partial charge on any atom is 0.323 e. The van der Waals surface area contributed by atoms with Gasteiger partial charge in [-0.25, -0.2) is 0 Å². The topological polar surface area (TPSA) is 95.0 Å². The SMILES string of the molecule is CCCC1CCC[C@H](N2C(=O)c3ccccc3C2=O)C(=O)N1CC(=O)O. The number of imide groups is 1. The highest BCUT2D eigenvalue weighted by Crippen LogP contribution is 2.30. The lowest BCUT2D eigenvalue weighted by atomic mass is 10.0. The van der Waals surface area contributed by atoms with Gasteiger partial charge < -0.3 is 10.0 Å². The van der Waals surface area contributed by atoms with Crippen LogP contribution >= 0.6 is 0 Å². The Bertz CT molecular complexity index is 725. The lowest BCUT2D eigenvalue weighted by Gasteiger charge is -2.32. The van der Waals surface area contributed by atoms with Gasteiger partial charge in [-0.05, 0) is 37.8 Å². The lowest BCUT2D eigenvalue weighted by Crippen LogP contribution is -2.53. The van der Waals surface area contributed by atoms with Crippen LogP contribution in [0, 0.1) is 0 Å². The summed E-state index contributed by atoms with van der Waals surface area (Å²) in [5.41, 5.74) is 0.592. The summed E-state index contributed by atoms with van der Waals surface area (Å²) in [4.78, 5) is 52.2. The molecule has 138 valence electrons. The summed E-state index contributed by atoms with van der Waals surface area (Å²) < 4.78 is 0. The van der Waals surface area contributed by atoms with Gasteiger partial charge in [-0.15, -0.1) is 0 Å². The number of likely N-dealkylation sites (tertiary alicyclic amines) is 1. The van der Waals surface area contributed by atoms with Crippen molar-refractivity contribution in [2.45, 2.75) is 51.1 Å². The van der Waals surface area contributed by atoms with Gasteiger partial charge in [0.2, 0.25) is 5.91 Å². The standard InChI is InChI=1S/C19H22N2O5/c1-2-6-12-7-5-10-15(19(26)20(12)11-16(22)23)21-17(24)13-8-3-4-9-14(13)18(21)25/h3-4,8-9,12,15H,2,5-7,10-11H2,1H3,(H,22,23)/t12?,15-/m0/s1. The Kier molecular flexibility index (Phi) is 5.06. The minimum Gasteiger partial charge on any atom is -0.480 e. The fourth-order valence-electron chi connectivity index (χ4n) is 3.91. The van der Waals surface area contributed by atoms with Crippen LogP contribution < -0.4 is 0 Å². The van der Waals surface area contributed by atoms with E-state index in [4.69, 9.17) is 0 Å². The number of rotatable bonds is 5. The van der Waals surface area contributed by atoms with Gasteiger partial charge in [0.15, 0.2) is 0 Å². The Morgan fingerprint density at radius 3 is 2.27 bits per heavy atom. The number of carboxylic acid groups (broad SMARTS) is 1. The highest BCUT2D eigenvalue weighted by atomic mass is 16.4. The van der Waals surface area contributed by atoms with E-state index in [2.05, 4.69) is 0 Å². The number of hydrogen-bond acceptors (Lipinski definition) is 4. The minimum absolute atomic E-state index is 0.177. The minimum atomic E-state index is -1.09. The smallest absolute Gasteiger partial charge is 0.323 e. The van der Waals surface area contributed by atoms with Crippen molar-refractivity contribution in [3.8, 4) is 0 Å². The van der Waals surface area contributed by atoms with E-state index in [1.807, 2.05) is 6.92 Å². The summed E-state index contributed by atoms with van der Waals surface area (Å²) in [6, 6.07) is 5.39. The number of carbonyl (C=O) groups is 4. The molecule has 0 aliphatic carbocycles. The third kappa shape index (κ3) is 3.09. The van der Waals surface area contributed by atoms with Crippen molar-refractivity contribution in [3.05, 3.63) is 35.4 Å². The predicted molar refractivity (Wildman–Crippen MR) is 92.6 cm³/mol. The van der Waals surface area contributed by atoms with Crippen LogP contribution in [0.5, 0.6) is 0 Å². The highest BCUT2D eigenvalue weighted by molar-refractivity contribution is 6.22. The van der Waals surface area contributed by atoms with E-state index in [1.165, 1.54) is 4.90 Å². The van der Waals surface area contributed by atoms with E-state index < -0.39 is 36.3 Å². The average molecular weight is 358 g/mol. The summed E-state index contributed by atoms with van der Waals surface area (Å²) in [6.45, 7) is 1.57. The molecule has 7 heteroatoms. The maximum atomic E-state index is 13.1. The first-order valence-electron chi connectivity index (χ1n) is 8.94. The molecule has 26 heavy (non-hydrogen) atoms. The molecule has 0 bridgehead atoms. The second-order valence-corrected chi connectivity index (χ2v) is 6.77. The van der Waals surface area contributed by atoms with Crippen molar-refractivity contribution in [1.29, 1.82) is 0 Å². The molecule has 2 atom stereocenters. The first kappa shape index (κ1) is 18.1. The summed E-state index contributed by atoms with van der Waals surface area (Å²) in [5, 5.41) is 9.22. The molecule has 0 radical (unpaired) electrons. The molecule has 2 heterocycles. The molecule has 7 nitrogen and oxygen atoms in total. The number of nitrogens with zero attached hydrogens (tertiary/aromatic N) is 2. The average Bonchev–Trinajstić information content (AvgIpc) is 2.77. The first-order chi connectivity index (χ1) is 12.5. The Morgan fingerprint density at radius 1 is 1.12 bits per heavy atom. The largest absolute Gasteiger partial charge is 0.480 e. The van der Waals surface area contributed by atoms with E-state index >= 15 is 0 Å². The summed E-state index contributed by atoms with van der Waals surface area (Å²) in [5.74, 6) is -2.50. The van der Waals surface area contributed by atoms with E-state index in [9.17, 15) is 24.3 Å². The number of hydrogen-bond donors (Lipinski definition) is 1. The molecule has 3 amide bonds. The summed E-state index contributed by atoms with van der Waals surface area (Å²) >= 11 is 0. The van der Waals surface area contributed by atoms with Crippen LogP contribution in [0.25, 0.3) is 0 Å².